The maximum Gasteiger partial charge on any atom is 0.243 e. The van der Waals surface area contributed by atoms with E-state index >= 15 is 0 Å². The van der Waals surface area contributed by atoms with Crippen molar-refractivity contribution in [3.05, 3.63) is 29.8 Å². The van der Waals surface area contributed by atoms with E-state index in [1.165, 1.54) is 4.31 Å². The number of sulfonamides is 1. The van der Waals surface area contributed by atoms with Crippen LogP contribution in [0.25, 0.3) is 0 Å². The van der Waals surface area contributed by atoms with Crippen LogP contribution >= 0.6 is 0 Å². The quantitative estimate of drug-likeness (QED) is 0.922. The maximum atomic E-state index is 12.6. The van der Waals surface area contributed by atoms with Gasteiger partial charge in [-0.2, -0.15) is 4.31 Å². The summed E-state index contributed by atoms with van der Waals surface area (Å²) in [6, 6.07) is 6.98. The predicted molar refractivity (Wildman–Crippen MR) is 74.4 cm³/mol. The standard InChI is InChI=1S/C14H21NO3S/c1-3-14(16)9-6-10-15(11-14)19(17,18)13-8-5-4-7-12(13)2/h4-5,7-8,16H,3,6,9-11H2,1-2H3. The molecule has 5 heteroatoms. The Bertz CT molecular complexity index is 556. The van der Waals surface area contributed by atoms with E-state index in [0.29, 0.717) is 30.7 Å². The molecule has 19 heavy (non-hydrogen) atoms. The fraction of sp³-hybridized carbons (Fsp3) is 0.571. The Labute approximate surface area is 115 Å². The van der Waals surface area contributed by atoms with Gasteiger partial charge >= 0.3 is 0 Å². The molecule has 1 aliphatic heterocycles. The molecule has 1 atom stereocenters. The molecule has 0 bridgehead atoms. The first kappa shape index (κ1) is 14.5. The summed E-state index contributed by atoms with van der Waals surface area (Å²) in [7, 11) is -3.50. The van der Waals surface area contributed by atoms with Crippen LogP contribution in [0.4, 0.5) is 0 Å². The van der Waals surface area contributed by atoms with Gasteiger partial charge in [0.1, 0.15) is 0 Å². The summed E-state index contributed by atoms with van der Waals surface area (Å²) >= 11 is 0. The Hall–Kier alpha value is -0.910. The molecule has 106 valence electrons. The lowest BCUT2D eigenvalue weighted by atomic mass is 9.92. The molecular formula is C14H21NO3S. The van der Waals surface area contributed by atoms with Gasteiger partial charge in [0.05, 0.1) is 10.5 Å². The van der Waals surface area contributed by atoms with Gasteiger partial charge in [0, 0.05) is 13.1 Å². The number of benzene rings is 1. The first-order chi connectivity index (χ1) is 8.89. The number of aliphatic hydroxyl groups is 1. The molecule has 1 fully saturated rings. The number of piperidine rings is 1. The van der Waals surface area contributed by atoms with Crippen LogP contribution in [0.5, 0.6) is 0 Å². The highest BCUT2D eigenvalue weighted by molar-refractivity contribution is 7.89. The summed E-state index contributed by atoms with van der Waals surface area (Å²) in [5, 5.41) is 10.3. The highest BCUT2D eigenvalue weighted by Crippen LogP contribution is 2.29. The van der Waals surface area contributed by atoms with Gasteiger partial charge in [0.25, 0.3) is 0 Å². The monoisotopic (exact) mass is 283 g/mol. The number of nitrogens with zero attached hydrogens (tertiary/aromatic N) is 1. The van der Waals surface area contributed by atoms with Crippen LogP contribution in [0.15, 0.2) is 29.2 Å². The van der Waals surface area contributed by atoms with Crippen molar-refractivity contribution in [1.29, 1.82) is 0 Å². The minimum atomic E-state index is -3.50. The zero-order valence-electron chi connectivity index (χ0n) is 11.5. The fourth-order valence-corrected chi connectivity index (χ4v) is 4.33. The van der Waals surface area contributed by atoms with E-state index in [-0.39, 0.29) is 6.54 Å². The molecule has 0 amide bonds. The molecule has 4 nitrogen and oxygen atoms in total. The summed E-state index contributed by atoms with van der Waals surface area (Å²) in [6.07, 6.45) is 1.95. The molecule has 0 aromatic heterocycles. The molecule has 1 heterocycles. The van der Waals surface area contributed by atoms with Crippen LogP contribution in [-0.2, 0) is 10.0 Å². The molecule has 1 unspecified atom stereocenters. The Kier molecular flexibility index (Phi) is 3.99. The number of aryl methyl sites for hydroxylation is 1. The Morgan fingerprint density at radius 1 is 1.37 bits per heavy atom. The Morgan fingerprint density at radius 3 is 2.68 bits per heavy atom. The van der Waals surface area contributed by atoms with Gasteiger partial charge in [-0.25, -0.2) is 8.42 Å². The number of β-amino-alcohol motifs (C(OH)–C–C–N with tert-alkyl or cyclic N) is 1. The van der Waals surface area contributed by atoms with Crippen molar-refractivity contribution in [3.63, 3.8) is 0 Å². The lowest BCUT2D eigenvalue weighted by Crippen LogP contribution is -2.49. The third-order valence-corrected chi connectivity index (χ3v) is 5.90. The summed E-state index contributed by atoms with van der Waals surface area (Å²) < 4.78 is 26.7. The van der Waals surface area contributed by atoms with Crippen molar-refractivity contribution in [1.82, 2.24) is 4.31 Å². The van der Waals surface area contributed by atoms with E-state index in [2.05, 4.69) is 0 Å². The minimum Gasteiger partial charge on any atom is -0.389 e. The van der Waals surface area contributed by atoms with Gasteiger partial charge < -0.3 is 5.11 Å². The summed E-state index contributed by atoms with van der Waals surface area (Å²) in [6.45, 7) is 4.37. The van der Waals surface area contributed by atoms with E-state index in [0.717, 1.165) is 5.56 Å². The topological polar surface area (TPSA) is 57.6 Å². The molecule has 0 saturated carbocycles. The lowest BCUT2D eigenvalue weighted by Gasteiger charge is -2.38. The van der Waals surface area contributed by atoms with Gasteiger partial charge in [-0.1, -0.05) is 25.1 Å². The Morgan fingerprint density at radius 2 is 2.05 bits per heavy atom. The van der Waals surface area contributed by atoms with Gasteiger partial charge in [-0.05, 0) is 37.8 Å². The highest BCUT2D eigenvalue weighted by atomic mass is 32.2. The first-order valence-electron chi connectivity index (χ1n) is 6.67. The van der Waals surface area contributed by atoms with Crippen molar-refractivity contribution in [2.45, 2.75) is 43.6 Å². The zero-order valence-corrected chi connectivity index (χ0v) is 12.3. The Balaban J connectivity index is 2.33. The second-order valence-corrected chi connectivity index (χ2v) is 7.19. The molecule has 0 radical (unpaired) electrons. The van der Waals surface area contributed by atoms with Crippen molar-refractivity contribution in [2.24, 2.45) is 0 Å². The van der Waals surface area contributed by atoms with Crippen LogP contribution in [0.2, 0.25) is 0 Å². The first-order valence-corrected chi connectivity index (χ1v) is 8.11. The SMILES string of the molecule is CCC1(O)CCCN(S(=O)(=O)c2ccccc2C)C1. The van der Waals surface area contributed by atoms with Crippen LogP contribution in [0.3, 0.4) is 0 Å². The van der Waals surface area contributed by atoms with Crippen LogP contribution in [0, 0.1) is 6.92 Å². The van der Waals surface area contributed by atoms with E-state index in [4.69, 9.17) is 0 Å². The fourth-order valence-electron chi connectivity index (χ4n) is 2.55. The number of hydrogen-bond donors (Lipinski definition) is 1. The smallest absolute Gasteiger partial charge is 0.243 e. The molecular weight excluding hydrogens is 262 g/mol. The van der Waals surface area contributed by atoms with Gasteiger partial charge in [0.2, 0.25) is 10.0 Å². The van der Waals surface area contributed by atoms with Gasteiger partial charge in [-0.3, -0.25) is 0 Å². The average Bonchev–Trinajstić information content (AvgIpc) is 2.39. The molecule has 1 N–H and O–H groups in total. The van der Waals surface area contributed by atoms with Crippen molar-refractivity contribution in [2.75, 3.05) is 13.1 Å². The second-order valence-electron chi connectivity index (χ2n) is 5.29. The molecule has 1 aliphatic rings. The van der Waals surface area contributed by atoms with Crippen LogP contribution in [0.1, 0.15) is 31.7 Å². The largest absolute Gasteiger partial charge is 0.389 e. The van der Waals surface area contributed by atoms with E-state index in [1.807, 2.05) is 13.0 Å². The zero-order chi connectivity index (χ0) is 14.1. The lowest BCUT2D eigenvalue weighted by molar-refractivity contribution is -0.0107. The predicted octanol–water partition coefficient (Wildman–Crippen LogP) is 1.92. The van der Waals surface area contributed by atoms with Crippen molar-refractivity contribution < 1.29 is 13.5 Å². The van der Waals surface area contributed by atoms with Crippen molar-refractivity contribution in [3.8, 4) is 0 Å². The molecule has 0 spiro atoms. The number of rotatable bonds is 3. The van der Waals surface area contributed by atoms with Crippen LogP contribution < -0.4 is 0 Å². The van der Waals surface area contributed by atoms with E-state index in [9.17, 15) is 13.5 Å². The second kappa shape index (κ2) is 5.23. The molecule has 1 aromatic rings. The minimum absolute atomic E-state index is 0.195. The molecule has 1 saturated heterocycles. The van der Waals surface area contributed by atoms with E-state index < -0.39 is 15.6 Å². The third kappa shape index (κ3) is 2.83. The maximum absolute atomic E-state index is 12.6. The van der Waals surface area contributed by atoms with E-state index in [1.54, 1.807) is 25.1 Å². The molecule has 0 aliphatic carbocycles. The number of hydrogen-bond acceptors (Lipinski definition) is 3. The average molecular weight is 283 g/mol. The van der Waals surface area contributed by atoms with Crippen molar-refractivity contribution >= 4 is 10.0 Å². The van der Waals surface area contributed by atoms with Gasteiger partial charge in [0.15, 0.2) is 0 Å². The van der Waals surface area contributed by atoms with Gasteiger partial charge in [-0.15, -0.1) is 0 Å². The van der Waals surface area contributed by atoms with Crippen LogP contribution in [-0.4, -0.2) is 36.5 Å². The summed E-state index contributed by atoms with van der Waals surface area (Å²) in [4.78, 5) is 0.343. The third-order valence-electron chi connectivity index (χ3n) is 3.89. The highest BCUT2D eigenvalue weighted by Gasteiger charge is 2.37. The summed E-state index contributed by atoms with van der Waals surface area (Å²) in [5.41, 5.74) is -0.137. The summed E-state index contributed by atoms with van der Waals surface area (Å²) in [5.74, 6) is 0. The molecule has 1 aromatic carbocycles. The molecule has 2 rings (SSSR count). The normalized spacial score (nSPS) is 25.4.